The van der Waals surface area contributed by atoms with Gasteiger partial charge in [0.05, 0.1) is 12.7 Å². The van der Waals surface area contributed by atoms with Gasteiger partial charge < -0.3 is 30.0 Å². The second kappa shape index (κ2) is 36.0. The molecule has 1 saturated heterocycles. The number of hydrogen-bond donors (Lipinski definition) is 4. The molecule has 0 aromatic heterocycles. The summed E-state index contributed by atoms with van der Waals surface area (Å²) in [4.78, 5) is 10.2. The molecule has 1 heterocycles. The van der Waals surface area contributed by atoms with Crippen molar-refractivity contribution in [1.29, 1.82) is 0 Å². The van der Waals surface area contributed by atoms with Crippen molar-refractivity contribution in [1.82, 2.24) is 0 Å². The normalized spacial score (nSPS) is 26.5. The Balaban J connectivity index is -0.0000000311. The Morgan fingerprint density at radius 3 is 1.35 bits per heavy atom. The average molecular weight is 1010 g/mol. The van der Waals surface area contributed by atoms with E-state index in [2.05, 4.69) is 0 Å². The Bertz CT molecular complexity index is 216. The molecule has 4 N–H and O–H groups in total. The quantitative estimate of drug-likeness (QED) is 0.232. The van der Waals surface area contributed by atoms with Crippen LogP contribution in [0.15, 0.2) is 0 Å². The molecule has 1 aliphatic rings. The third kappa shape index (κ3) is 22.9. The second-order valence-corrected chi connectivity index (χ2v) is 3.27. The maximum Gasteiger partial charge on any atom is 0.122 e. The van der Waals surface area contributed by atoms with Crippen molar-refractivity contribution in [3.63, 3.8) is 0 Å². The molecule has 5 atom stereocenters. The molecule has 6 nitrogen and oxygen atoms in total. The summed E-state index contributed by atoms with van der Waals surface area (Å²) in [5.74, 6) is 0. The number of hydrogen-bond acceptors (Lipinski definition) is 6. The van der Waals surface area contributed by atoms with E-state index in [0.29, 0.717) is 6.29 Å². The summed E-state index contributed by atoms with van der Waals surface area (Å²) in [6.07, 6.45) is -5.41. The van der Waals surface area contributed by atoms with E-state index in [1.807, 2.05) is 0 Å². The molecule has 0 saturated carbocycles. The van der Waals surface area contributed by atoms with Crippen molar-refractivity contribution < 1.29 is 324 Å². The predicted molar refractivity (Wildman–Crippen MR) is 44.4 cm³/mol. The largest absolute Gasteiger partial charge is 0.394 e. The molecule has 0 bridgehead atoms. The molecule has 9 radical (unpaired) electrons. The summed E-state index contributed by atoms with van der Waals surface area (Å²) in [6.45, 7) is -0.472. The van der Waals surface area contributed by atoms with Crippen LogP contribution in [0.1, 0.15) is 6.42 Å². The van der Waals surface area contributed by atoms with Gasteiger partial charge in [-0.2, -0.15) is 0 Å². The van der Waals surface area contributed by atoms with E-state index in [-0.39, 0.29) is 301 Å². The molecule has 1 rings (SSSR count). The van der Waals surface area contributed by atoms with Gasteiger partial charge in [-0.05, 0) is 0 Å². The Morgan fingerprint density at radius 1 is 0.696 bits per heavy atom. The van der Waals surface area contributed by atoms with Crippen LogP contribution in [0.5, 0.6) is 0 Å². The van der Waals surface area contributed by atoms with E-state index >= 15 is 0 Å². The summed E-state index contributed by atoms with van der Waals surface area (Å²) in [5, 5.41) is 36.8. The van der Waals surface area contributed by atoms with Gasteiger partial charge in [-0.1, -0.05) is 0 Å². The third-order valence-corrected chi connectivity index (χ3v) is 2.32. The number of rotatable bonds is 3. The summed E-state index contributed by atoms with van der Waals surface area (Å²) < 4.78 is 5.03. The smallest absolute Gasteiger partial charge is 0.122 e. The van der Waals surface area contributed by atoms with Gasteiger partial charge in [0, 0.05) is 301 Å². The Labute approximate surface area is 363 Å². The molecule has 2 unspecified atom stereocenters. The van der Waals surface area contributed by atoms with E-state index < -0.39 is 37.1 Å². The molecular weight excluding hydrogens is 992 g/mol. The third-order valence-electron chi connectivity index (χ3n) is 2.32. The molecule has 1 aliphatic heterocycles. The fourth-order valence-corrected chi connectivity index (χ4v) is 1.47. The fraction of sp³-hybridized carbons (Fsp3) is 0.875. The van der Waals surface area contributed by atoms with Crippen molar-refractivity contribution in [3.05, 3.63) is 0 Å². The first kappa shape index (κ1) is 58.3. The first-order valence-corrected chi connectivity index (χ1v) is 4.36. The van der Waals surface area contributed by atoms with Gasteiger partial charge in [-0.25, -0.2) is 0 Å². The number of aliphatic hydroxyl groups excluding tert-OH is 4. The van der Waals surface area contributed by atoms with Crippen LogP contribution >= 0.6 is 0 Å². The van der Waals surface area contributed by atoms with Crippen LogP contribution < -0.4 is 0 Å². The van der Waals surface area contributed by atoms with Crippen molar-refractivity contribution in [2.24, 2.45) is 0 Å². The van der Waals surface area contributed by atoms with Gasteiger partial charge in [0.15, 0.2) is 0 Å². The Kier molecular flexibility index (Phi) is 91.3. The topological polar surface area (TPSA) is 107 Å². The van der Waals surface area contributed by atoms with Crippen LogP contribution in [0.3, 0.4) is 0 Å². The second-order valence-electron chi connectivity index (χ2n) is 3.27. The number of carbonyl (C=O) groups excluding carboxylic acids is 1. The van der Waals surface area contributed by atoms with Crippen molar-refractivity contribution in [3.8, 4) is 0 Å². The number of aldehydes is 1. The molecule has 0 spiro atoms. The van der Waals surface area contributed by atoms with Crippen LogP contribution in [0.4, 0.5) is 0 Å². The Hall–Kier alpha value is 9.41. The van der Waals surface area contributed by atoms with Crippen molar-refractivity contribution in [2.45, 2.75) is 36.9 Å². The fourth-order valence-electron chi connectivity index (χ4n) is 1.47. The zero-order valence-corrected chi connectivity index (χ0v) is 38.2. The molecule has 109 valence electrons. The zero-order chi connectivity index (χ0) is 10.7. The summed E-state index contributed by atoms with van der Waals surface area (Å²) in [7, 11) is 0. The SMILES string of the molecule is O=CC[C@H]1OC(CO)[C@H](O)[C@H](O)C1O.[Y].[Y].[Y].[Y].[Y].[Y].[Y].[Y].[Y]. The van der Waals surface area contributed by atoms with E-state index in [9.17, 15) is 20.1 Å². The molecule has 0 amide bonds. The van der Waals surface area contributed by atoms with Crippen LogP contribution in [-0.2, 0) is 304 Å². The average Bonchev–Trinajstić information content (AvgIpc) is 2.19. The van der Waals surface area contributed by atoms with Gasteiger partial charge in [0.25, 0.3) is 0 Å². The monoisotopic (exact) mass is 1010 g/mol. The van der Waals surface area contributed by atoms with E-state index in [4.69, 9.17) is 9.84 Å². The molecular formula is C8H14O6Y9. The number of ether oxygens (including phenoxy) is 1. The van der Waals surface area contributed by atoms with E-state index in [0.717, 1.165) is 0 Å². The molecule has 0 aromatic rings. The van der Waals surface area contributed by atoms with Crippen LogP contribution in [-0.4, -0.2) is 63.8 Å². The van der Waals surface area contributed by atoms with Gasteiger partial charge >= 0.3 is 0 Å². The molecule has 0 aliphatic carbocycles. The Morgan fingerprint density at radius 2 is 1.04 bits per heavy atom. The van der Waals surface area contributed by atoms with Gasteiger partial charge in [0.2, 0.25) is 0 Å². The van der Waals surface area contributed by atoms with Crippen LogP contribution in [0, 0.1) is 0 Å². The van der Waals surface area contributed by atoms with E-state index in [1.165, 1.54) is 0 Å². The first-order valence-electron chi connectivity index (χ1n) is 4.36. The minimum atomic E-state index is -1.40. The minimum Gasteiger partial charge on any atom is -0.394 e. The summed E-state index contributed by atoms with van der Waals surface area (Å²) >= 11 is 0. The minimum absolute atomic E-state index is 0. The van der Waals surface area contributed by atoms with Gasteiger partial charge in [-0.15, -0.1) is 0 Å². The summed E-state index contributed by atoms with van der Waals surface area (Å²) in [5.41, 5.74) is 0. The first-order chi connectivity index (χ1) is 6.61. The number of carbonyl (C=O) groups is 1. The number of aliphatic hydroxyl groups is 4. The van der Waals surface area contributed by atoms with Crippen molar-refractivity contribution in [2.75, 3.05) is 6.61 Å². The molecule has 0 aromatic carbocycles. The van der Waals surface area contributed by atoms with Crippen LogP contribution in [0.2, 0.25) is 0 Å². The molecule has 23 heavy (non-hydrogen) atoms. The molecule has 1 fully saturated rings. The van der Waals surface area contributed by atoms with Crippen LogP contribution in [0.25, 0.3) is 0 Å². The predicted octanol–water partition coefficient (Wildman–Crippen LogP) is -2.60. The zero-order valence-electron chi connectivity index (χ0n) is 12.7. The standard InChI is InChI=1S/C8H14O6.9Y/c9-2-1-4-6(11)8(13)7(12)5(3-10)14-4;;;;;;;;;/h2,4-8,10-13H,1,3H2;;;;;;;;;/t4-,5?,6?,7+,8-;;;;;;;;;/m1........./s1. The van der Waals surface area contributed by atoms with Gasteiger partial charge in [0.1, 0.15) is 30.7 Å². The maximum absolute atomic E-state index is 10.2. The van der Waals surface area contributed by atoms with Gasteiger partial charge in [-0.3, -0.25) is 0 Å². The van der Waals surface area contributed by atoms with E-state index in [1.54, 1.807) is 0 Å². The molecule has 15 heteroatoms. The summed E-state index contributed by atoms with van der Waals surface area (Å²) in [6, 6.07) is 0. The van der Waals surface area contributed by atoms with Crippen molar-refractivity contribution >= 4 is 6.29 Å². The maximum atomic E-state index is 10.2.